The maximum Gasteiger partial charge on any atom is 0.145 e. The van der Waals surface area contributed by atoms with E-state index in [1.807, 2.05) is 5.01 Å². The zero-order valence-electron chi connectivity index (χ0n) is 7.36. The summed E-state index contributed by atoms with van der Waals surface area (Å²) >= 11 is 8.85. The quantitative estimate of drug-likeness (QED) is 0.377. The molecule has 6 heteroatoms. The third-order valence-electron chi connectivity index (χ3n) is 2.05. The molecule has 0 aromatic carbocycles. The third-order valence-corrected chi connectivity index (χ3v) is 2.24. The second-order valence-electron chi connectivity index (χ2n) is 2.98. The average molecular weight is 221 g/mol. The topological polar surface area (TPSA) is 47.5 Å². The Bertz CT molecular complexity index is 177. The van der Waals surface area contributed by atoms with E-state index in [9.17, 15) is 0 Å². The van der Waals surface area contributed by atoms with E-state index in [1.165, 1.54) is 0 Å². The highest BCUT2D eigenvalue weighted by Gasteiger charge is 2.21. The second kappa shape index (κ2) is 5.77. The van der Waals surface area contributed by atoms with Crippen LogP contribution in [0.15, 0.2) is 0 Å². The summed E-state index contributed by atoms with van der Waals surface area (Å²) in [5.41, 5.74) is 2.99. The predicted octanol–water partition coefficient (Wildman–Crippen LogP) is -0.638. The van der Waals surface area contributed by atoms with Gasteiger partial charge in [0.05, 0.1) is 0 Å². The first-order valence-electron chi connectivity index (χ1n) is 4.32. The first kappa shape index (κ1) is 11.2. The molecule has 1 unspecified atom stereocenters. The molecular weight excluding hydrogens is 206 g/mol. The molecule has 1 atom stereocenters. The van der Waals surface area contributed by atoms with Gasteiger partial charge in [0.15, 0.2) is 0 Å². The van der Waals surface area contributed by atoms with Crippen molar-refractivity contribution < 1.29 is 5.11 Å². The van der Waals surface area contributed by atoms with Gasteiger partial charge >= 0.3 is 0 Å². The molecule has 0 aliphatic carbocycles. The van der Waals surface area contributed by atoms with Gasteiger partial charge in [0.1, 0.15) is 4.32 Å². The molecule has 0 radical (unpaired) electrons. The zero-order valence-corrected chi connectivity index (χ0v) is 9.07. The molecule has 4 nitrogen and oxygen atoms in total. The van der Waals surface area contributed by atoms with Gasteiger partial charge in [0.2, 0.25) is 0 Å². The van der Waals surface area contributed by atoms with Crippen LogP contribution in [0, 0.1) is 0 Å². The SMILES string of the molecule is OCCC1CNCCN1NC(=S)S. The lowest BCUT2D eigenvalue weighted by atomic mass is 10.1. The molecule has 1 heterocycles. The zero-order chi connectivity index (χ0) is 9.68. The molecule has 1 saturated heterocycles. The van der Waals surface area contributed by atoms with Crippen LogP contribution in [0.2, 0.25) is 0 Å². The lowest BCUT2D eigenvalue weighted by molar-refractivity contribution is 0.107. The number of hydrogen-bond donors (Lipinski definition) is 4. The van der Waals surface area contributed by atoms with Gasteiger partial charge in [0, 0.05) is 32.3 Å². The number of nitrogens with one attached hydrogen (secondary N) is 2. The van der Waals surface area contributed by atoms with Gasteiger partial charge in [0.25, 0.3) is 0 Å². The van der Waals surface area contributed by atoms with Crippen molar-refractivity contribution in [3.8, 4) is 0 Å². The van der Waals surface area contributed by atoms with Crippen LogP contribution >= 0.6 is 24.8 Å². The van der Waals surface area contributed by atoms with E-state index in [0.29, 0.717) is 10.4 Å². The number of rotatable bonds is 3. The van der Waals surface area contributed by atoms with E-state index in [4.69, 9.17) is 17.3 Å². The standard InChI is InChI=1S/C7H15N3OS2/c11-4-1-6-5-8-2-3-10(6)9-7(12)13/h6,8,11H,1-5H2,(H2,9,12,13). The van der Waals surface area contributed by atoms with Gasteiger partial charge in [-0.25, -0.2) is 5.01 Å². The summed E-state index contributed by atoms with van der Waals surface area (Å²) in [5.74, 6) is 0. The summed E-state index contributed by atoms with van der Waals surface area (Å²) in [4.78, 5) is 0. The Hall–Kier alpha value is 0.120. The van der Waals surface area contributed by atoms with E-state index in [0.717, 1.165) is 26.1 Å². The minimum Gasteiger partial charge on any atom is -0.396 e. The Morgan fingerprint density at radius 1 is 1.77 bits per heavy atom. The molecule has 0 spiro atoms. The van der Waals surface area contributed by atoms with Crippen molar-refractivity contribution >= 4 is 29.2 Å². The molecule has 0 amide bonds. The number of hydrogen-bond acceptors (Lipinski definition) is 4. The maximum atomic E-state index is 8.84. The van der Waals surface area contributed by atoms with Crippen LogP contribution in [-0.4, -0.2) is 46.7 Å². The Morgan fingerprint density at radius 3 is 3.15 bits per heavy atom. The largest absolute Gasteiger partial charge is 0.396 e. The molecule has 76 valence electrons. The molecular formula is C7H15N3OS2. The lowest BCUT2D eigenvalue weighted by Gasteiger charge is -2.35. The number of aliphatic hydroxyl groups is 1. The number of thiol groups is 1. The fourth-order valence-electron chi connectivity index (χ4n) is 1.44. The molecule has 13 heavy (non-hydrogen) atoms. The Balaban J connectivity index is 2.41. The van der Waals surface area contributed by atoms with Crippen molar-refractivity contribution in [2.24, 2.45) is 0 Å². The highest BCUT2D eigenvalue weighted by molar-refractivity contribution is 8.11. The normalized spacial score (nSPS) is 24.3. The molecule has 0 aromatic rings. The minimum atomic E-state index is 0.198. The van der Waals surface area contributed by atoms with Crippen molar-refractivity contribution in [1.29, 1.82) is 0 Å². The Labute approximate surface area is 89.1 Å². The molecule has 0 saturated carbocycles. The van der Waals surface area contributed by atoms with Gasteiger partial charge in [-0.05, 0) is 6.42 Å². The first-order valence-corrected chi connectivity index (χ1v) is 5.17. The minimum absolute atomic E-state index is 0.198. The predicted molar refractivity (Wildman–Crippen MR) is 59.8 cm³/mol. The second-order valence-corrected chi connectivity index (χ2v) is 4.14. The average Bonchev–Trinajstić information content (AvgIpc) is 2.08. The van der Waals surface area contributed by atoms with Crippen LogP contribution in [0.5, 0.6) is 0 Å². The lowest BCUT2D eigenvalue weighted by Crippen LogP contribution is -2.57. The van der Waals surface area contributed by atoms with Gasteiger partial charge in [-0.15, -0.1) is 12.6 Å². The fraction of sp³-hybridized carbons (Fsp3) is 0.857. The first-order chi connectivity index (χ1) is 6.24. The summed E-state index contributed by atoms with van der Waals surface area (Å²) in [7, 11) is 0. The van der Waals surface area contributed by atoms with Crippen molar-refractivity contribution in [3.05, 3.63) is 0 Å². The van der Waals surface area contributed by atoms with Crippen molar-refractivity contribution in [1.82, 2.24) is 15.8 Å². The summed E-state index contributed by atoms with van der Waals surface area (Å²) in [6, 6.07) is 0.295. The van der Waals surface area contributed by atoms with E-state index in [-0.39, 0.29) is 6.61 Å². The van der Waals surface area contributed by atoms with E-state index in [1.54, 1.807) is 0 Å². The fourth-order valence-corrected chi connectivity index (χ4v) is 1.68. The number of thiocarbonyl (C=S) groups is 1. The van der Waals surface area contributed by atoms with Crippen LogP contribution in [0.25, 0.3) is 0 Å². The smallest absolute Gasteiger partial charge is 0.145 e. The number of hydrazine groups is 1. The van der Waals surface area contributed by atoms with E-state index < -0.39 is 0 Å². The van der Waals surface area contributed by atoms with Crippen LogP contribution in [0.1, 0.15) is 6.42 Å². The van der Waals surface area contributed by atoms with Crippen LogP contribution in [0.4, 0.5) is 0 Å². The van der Waals surface area contributed by atoms with Crippen LogP contribution in [0.3, 0.4) is 0 Å². The monoisotopic (exact) mass is 221 g/mol. The van der Waals surface area contributed by atoms with Crippen molar-refractivity contribution in [3.63, 3.8) is 0 Å². The van der Waals surface area contributed by atoms with Gasteiger partial charge in [-0.2, -0.15) is 0 Å². The molecule has 0 aromatic heterocycles. The molecule has 1 rings (SSSR count). The third kappa shape index (κ3) is 3.78. The van der Waals surface area contributed by atoms with Gasteiger partial charge in [-0.1, -0.05) is 12.2 Å². The maximum absolute atomic E-state index is 8.84. The summed E-state index contributed by atoms with van der Waals surface area (Å²) in [5, 5.41) is 14.1. The molecule has 0 bridgehead atoms. The number of piperazine rings is 1. The number of nitrogens with zero attached hydrogens (tertiary/aromatic N) is 1. The summed E-state index contributed by atoms with van der Waals surface area (Å²) in [6.07, 6.45) is 0.746. The summed E-state index contributed by atoms with van der Waals surface area (Å²) < 4.78 is 0.477. The van der Waals surface area contributed by atoms with E-state index in [2.05, 4.69) is 23.4 Å². The van der Waals surface area contributed by atoms with Crippen molar-refractivity contribution in [2.75, 3.05) is 26.2 Å². The Kier molecular flexibility index (Phi) is 4.97. The number of aliphatic hydroxyl groups excluding tert-OH is 1. The molecule has 3 N–H and O–H groups in total. The van der Waals surface area contributed by atoms with Crippen LogP contribution in [-0.2, 0) is 0 Å². The molecule has 1 aliphatic rings. The van der Waals surface area contributed by atoms with Gasteiger partial charge < -0.3 is 15.8 Å². The van der Waals surface area contributed by atoms with Crippen molar-refractivity contribution in [2.45, 2.75) is 12.5 Å². The molecule has 1 fully saturated rings. The molecule has 1 aliphatic heterocycles. The highest BCUT2D eigenvalue weighted by Crippen LogP contribution is 2.04. The Morgan fingerprint density at radius 2 is 2.54 bits per heavy atom. The highest BCUT2D eigenvalue weighted by atomic mass is 32.1. The van der Waals surface area contributed by atoms with E-state index >= 15 is 0 Å². The van der Waals surface area contributed by atoms with Crippen LogP contribution < -0.4 is 10.7 Å². The van der Waals surface area contributed by atoms with Gasteiger partial charge in [-0.3, -0.25) is 0 Å². The summed E-state index contributed by atoms with van der Waals surface area (Å²) in [6.45, 7) is 2.89.